The van der Waals surface area contributed by atoms with E-state index in [-0.39, 0.29) is 6.10 Å². The Bertz CT molecular complexity index is 885. The number of likely N-dealkylation sites (tertiary alicyclic amines) is 1. The van der Waals surface area contributed by atoms with Gasteiger partial charge in [-0.25, -0.2) is 4.98 Å². The molecule has 0 amide bonds. The Hall–Kier alpha value is -2.59. The summed E-state index contributed by atoms with van der Waals surface area (Å²) in [5, 5.41) is 2.27. The molecule has 0 radical (unpaired) electrons. The van der Waals surface area contributed by atoms with Gasteiger partial charge in [0.25, 0.3) is 0 Å². The predicted molar refractivity (Wildman–Crippen MR) is 103 cm³/mol. The van der Waals surface area contributed by atoms with Crippen molar-refractivity contribution in [3.8, 4) is 17.0 Å². The monoisotopic (exact) mass is 333 g/mol. The average Bonchev–Trinajstić information content (AvgIpc) is 2.64. The van der Waals surface area contributed by atoms with Crippen LogP contribution in [0.3, 0.4) is 0 Å². The van der Waals surface area contributed by atoms with Crippen molar-refractivity contribution in [1.29, 1.82) is 0 Å². The molecular formula is C21H23N3O. The number of benzene rings is 2. The standard InChI is InChI=1S/C21H23N3O/c1-24-13-11-15(12-14-24)25-20-10-9-17(16-5-2-3-6-18(16)20)19-7-4-8-21(22)23-19/h2-10,15H,11-14H2,1H3,(H2,22,23). The van der Waals surface area contributed by atoms with Crippen LogP contribution in [-0.2, 0) is 0 Å². The van der Waals surface area contributed by atoms with Crippen molar-refractivity contribution in [1.82, 2.24) is 9.88 Å². The molecule has 2 N–H and O–H groups in total. The molecule has 2 aromatic carbocycles. The third kappa shape index (κ3) is 3.30. The van der Waals surface area contributed by atoms with E-state index in [1.807, 2.05) is 18.2 Å². The maximum Gasteiger partial charge on any atom is 0.127 e. The number of pyridine rings is 1. The van der Waals surface area contributed by atoms with Crippen LogP contribution in [0.5, 0.6) is 5.75 Å². The molecule has 1 fully saturated rings. The zero-order valence-corrected chi connectivity index (χ0v) is 14.5. The van der Waals surface area contributed by atoms with E-state index in [0.29, 0.717) is 5.82 Å². The molecular weight excluding hydrogens is 310 g/mol. The van der Waals surface area contributed by atoms with E-state index in [2.05, 4.69) is 53.3 Å². The van der Waals surface area contributed by atoms with E-state index in [0.717, 1.165) is 53.7 Å². The van der Waals surface area contributed by atoms with Crippen molar-refractivity contribution in [2.24, 2.45) is 0 Å². The van der Waals surface area contributed by atoms with Crippen molar-refractivity contribution in [3.05, 3.63) is 54.6 Å². The number of nitrogen functional groups attached to an aromatic ring is 1. The van der Waals surface area contributed by atoms with Crippen LogP contribution < -0.4 is 10.5 Å². The second-order valence-electron chi connectivity index (χ2n) is 6.73. The highest BCUT2D eigenvalue weighted by Crippen LogP contribution is 2.35. The molecule has 0 atom stereocenters. The van der Waals surface area contributed by atoms with Gasteiger partial charge in [-0.2, -0.15) is 0 Å². The fraction of sp³-hybridized carbons (Fsp3) is 0.286. The zero-order valence-electron chi connectivity index (χ0n) is 14.5. The average molecular weight is 333 g/mol. The second kappa shape index (κ2) is 6.73. The van der Waals surface area contributed by atoms with Crippen molar-refractivity contribution in [3.63, 3.8) is 0 Å². The Morgan fingerprint density at radius 2 is 1.72 bits per heavy atom. The molecule has 0 spiro atoms. The van der Waals surface area contributed by atoms with E-state index in [1.54, 1.807) is 0 Å². The lowest BCUT2D eigenvalue weighted by Crippen LogP contribution is -2.35. The summed E-state index contributed by atoms with van der Waals surface area (Å²) in [6.45, 7) is 2.18. The number of hydrogen-bond acceptors (Lipinski definition) is 4. The quantitative estimate of drug-likeness (QED) is 0.788. The van der Waals surface area contributed by atoms with E-state index < -0.39 is 0 Å². The van der Waals surface area contributed by atoms with Crippen LogP contribution in [0.1, 0.15) is 12.8 Å². The molecule has 4 nitrogen and oxygen atoms in total. The van der Waals surface area contributed by atoms with Gasteiger partial charge in [0.1, 0.15) is 17.7 Å². The molecule has 3 aromatic rings. The number of aromatic nitrogens is 1. The molecule has 1 aliphatic rings. The maximum absolute atomic E-state index is 6.36. The summed E-state index contributed by atoms with van der Waals surface area (Å²) < 4.78 is 6.36. The van der Waals surface area contributed by atoms with Crippen LogP contribution >= 0.6 is 0 Å². The van der Waals surface area contributed by atoms with Gasteiger partial charge in [0, 0.05) is 24.0 Å². The summed E-state index contributed by atoms with van der Waals surface area (Å²) >= 11 is 0. The highest BCUT2D eigenvalue weighted by molar-refractivity contribution is 5.99. The Morgan fingerprint density at radius 1 is 0.960 bits per heavy atom. The third-order valence-electron chi connectivity index (χ3n) is 4.89. The fourth-order valence-electron chi connectivity index (χ4n) is 3.48. The van der Waals surface area contributed by atoms with Gasteiger partial charge in [0.15, 0.2) is 0 Å². The van der Waals surface area contributed by atoms with Gasteiger partial charge in [0.05, 0.1) is 5.69 Å². The molecule has 2 heterocycles. The number of rotatable bonds is 3. The van der Waals surface area contributed by atoms with Gasteiger partial charge in [0.2, 0.25) is 0 Å². The van der Waals surface area contributed by atoms with Gasteiger partial charge in [-0.1, -0.05) is 30.3 Å². The van der Waals surface area contributed by atoms with Gasteiger partial charge >= 0.3 is 0 Å². The van der Waals surface area contributed by atoms with Crippen LogP contribution in [0.25, 0.3) is 22.0 Å². The van der Waals surface area contributed by atoms with Crippen molar-refractivity contribution in [2.45, 2.75) is 18.9 Å². The molecule has 128 valence electrons. The maximum atomic E-state index is 6.36. The van der Waals surface area contributed by atoms with Gasteiger partial charge < -0.3 is 15.4 Å². The van der Waals surface area contributed by atoms with Crippen LogP contribution in [0, 0.1) is 0 Å². The smallest absolute Gasteiger partial charge is 0.127 e. The molecule has 4 rings (SSSR count). The van der Waals surface area contributed by atoms with E-state index in [4.69, 9.17) is 10.5 Å². The normalized spacial score (nSPS) is 16.2. The Labute approximate surface area is 148 Å². The molecule has 0 unspecified atom stereocenters. The lowest BCUT2D eigenvalue weighted by Gasteiger charge is -2.29. The molecule has 4 heteroatoms. The third-order valence-corrected chi connectivity index (χ3v) is 4.89. The highest BCUT2D eigenvalue weighted by atomic mass is 16.5. The van der Waals surface area contributed by atoms with Crippen LogP contribution in [0.4, 0.5) is 5.82 Å². The minimum absolute atomic E-state index is 0.288. The number of nitrogens with two attached hydrogens (primary N) is 1. The lowest BCUT2D eigenvalue weighted by atomic mass is 10.0. The number of hydrogen-bond donors (Lipinski definition) is 1. The topological polar surface area (TPSA) is 51.4 Å². The molecule has 0 aliphatic carbocycles. The van der Waals surface area contributed by atoms with Crippen molar-refractivity contribution in [2.75, 3.05) is 25.9 Å². The Morgan fingerprint density at radius 3 is 2.48 bits per heavy atom. The second-order valence-corrected chi connectivity index (χ2v) is 6.73. The number of piperidine rings is 1. The first-order valence-corrected chi connectivity index (χ1v) is 8.80. The molecule has 1 aliphatic heterocycles. The van der Waals surface area contributed by atoms with E-state index in [1.165, 1.54) is 0 Å². The lowest BCUT2D eigenvalue weighted by molar-refractivity contribution is 0.116. The molecule has 0 saturated carbocycles. The first-order valence-electron chi connectivity index (χ1n) is 8.80. The highest BCUT2D eigenvalue weighted by Gasteiger charge is 2.19. The summed E-state index contributed by atoms with van der Waals surface area (Å²) in [6.07, 6.45) is 2.43. The van der Waals surface area contributed by atoms with Crippen molar-refractivity contribution >= 4 is 16.6 Å². The van der Waals surface area contributed by atoms with Gasteiger partial charge in [-0.3, -0.25) is 0 Å². The summed E-state index contributed by atoms with van der Waals surface area (Å²) in [6, 6.07) is 18.3. The molecule has 1 aromatic heterocycles. The van der Waals surface area contributed by atoms with Gasteiger partial charge in [-0.05, 0) is 49.5 Å². The fourth-order valence-corrected chi connectivity index (χ4v) is 3.48. The van der Waals surface area contributed by atoms with E-state index in [9.17, 15) is 0 Å². The SMILES string of the molecule is CN1CCC(Oc2ccc(-c3cccc(N)n3)c3ccccc23)CC1. The van der Waals surface area contributed by atoms with Crippen LogP contribution in [0.2, 0.25) is 0 Å². The Kier molecular flexibility index (Phi) is 4.28. The van der Waals surface area contributed by atoms with Crippen LogP contribution in [-0.4, -0.2) is 36.1 Å². The first kappa shape index (κ1) is 15.9. The summed E-state index contributed by atoms with van der Waals surface area (Å²) in [5.74, 6) is 1.49. The van der Waals surface area contributed by atoms with Crippen LogP contribution in [0.15, 0.2) is 54.6 Å². The first-order chi connectivity index (χ1) is 12.2. The predicted octanol–water partition coefficient (Wildman–Crippen LogP) is 3.96. The molecule has 25 heavy (non-hydrogen) atoms. The largest absolute Gasteiger partial charge is 0.490 e. The molecule has 0 bridgehead atoms. The van der Waals surface area contributed by atoms with E-state index >= 15 is 0 Å². The zero-order chi connectivity index (χ0) is 17.2. The number of ether oxygens (including phenoxy) is 1. The minimum Gasteiger partial charge on any atom is -0.490 e. The minimum atomic E-state index is 0.288. The summed E-state index contributed by atoms with van der Waals surface area (Å²) in [4.78, 5) is 6.83. The van der Waals surface area contributed by atoms with Crippen molar-refractivity contribution < 1.29 is 4.74 Å². The molecule has 1 saturated heterocycles. The summed E-state index contributed by atoms with van der Waals surface area (Å²) in [7, 11) is 2.17. The number of nitrogens with zero attached hydrogens (tertiary/aromatic N) is 2. The summed E-state index contributed by atoms with van der Waals surface area (Å²) in [5.41, 5.74) is 7.84. The Balaban J connectivity index is 1.72. The van der Waals surface area contributed by atoms with Gasteiger partial charge in [-0.15, -0.1) is 0 Å². The number of fused-ring (bicyclic) bond motifs is 1. The number of anilines is 1.